The zero-order chi connectivity index (χ0) is 21.8. The van der Waals surface area contributed by atoms with Crippen molar-refractivity contribution in [1.82, 2.24) is 10.9 Å². The molecule has 0 aliphatic heterocycles. The molecule has 2 aromatic carbocycles. The summed E-state index contributed by atoms with van der Waals surface area (Å²) in [5, 5.41) is 4.45. The third kappa shape index (κ3) is 4.13. The van der Waals surface area contributed by atoms with Crippen LogP contribution in [0.2, 0.25) is 0 Å². The van der Waals surface area contributed by atoms with Gasteiger partial charge in [-0.2, -0.15) is 5.10 Å². The molecule has 4 rings (SSSR count). The van der Waals surface area contributed by atoms with Crippen LogP contribution < -0.4 is 16.7 Å². The van der Waals surface area contributed by atoms with Gasteiger partial charge in [-0.3, -0.25) is 15.0 Å². The number of hydrazone groups is 1. The largest absolute Gasteiger partial charge is 0.455 e. The Bertz CT molecular complexity index is 1080. The lowest BCUT2D eigenvalue weighted by atomic mass is 9.90. The summed E-state index contributed by atoms with van der Waals surface area (Å²) in [6.45, 7) is 1.80. The van der Waals surface area contributed by atoms with Crippen molar-refractivity contribution in [3.8, 4) is 0 Å². The molecule has 0 bridgehead atoms. The Balaban J connectivity index is 1.64. The van der Waals surface area contributed by atoms with Gasteiger partial charge in [-0.1, -0.05) is 60.7 Å². The van der Waals surface area contributed by atoms with Gasteiger partial charge in [-0.25, -0.2) is 11.3 Å². The molecule has 3 aromatic rings. The predicted octanol–water partition coefficient (Wildman–Crippen LogP) is 3.18. The number of benzene rings is 2. The van der Waals surface area contributed by atoms with Gasteiger partial charge in [0.2, 0.25) is 0 Å². The molecule has 0 saturated carbocycles. The highest BCUT2D eigenvalue weighted by Gasteiger charge is 2.28. The molecule has 1 heterocycles. The van der Waals surface area contributed by atoms with Crippen LogP contribution in [0.4, 0.5) is 0 Å². The normalized spacial score (nSPS) is 14.4. The smallest absolute Gasteiger partial charge is 0.301 e. The van der Waals surface area contributed by atoms with Gasteiger partial charge < -0.3 is 4.42 Å². The van der Waals surface area contributed by atoms with Crippen LogP contribution >= 0.6 is 0 Å². The SMILES string of the molecule is Cc1c(C(=O)NN)oc2c1/C(=N/NC(=O)C(c1ccccc1)c1ccccc1)CCC2. The Kier molecular flexibility index (Phi) is 5.95. The van der Waals surface area contributed by atoms with Crippen molar-refractivity contribution in [1.29, 1.82) is 0 Å². The number of aryl methyl sites for hydroxylation is 1. The fourth-order valence-corrected chi connectivity index (χ4v) is 4.04. The van der Waals surface area contributed by atoms with Crippen molar-refractivity contribution >= 4 is 17.5 Å². The number of fused-ring (bicyclic) bond motifs is 1. The topological polar surface area (TPSA) is 110 Å². The number of carbonyl (C=O) groups is 2. The second-order valence-corrected chi connectivity index (χ2v) is 7.47. The quantitative estimate of drug-likeness (QED) is 0.337. The second-order valence-electron chi connectivity index (χ2n) is 7.47. The molecule has 7 nitrogen and oxygen atoms in total. The van der Waals surface area contributed by atoms with E-state index in [-0.39, 0.29) is 11.7 Å². The van der Waals surface area contributed by atoms with E-state index in [1.807, 2.05) is 60.7 Å². The lowest BCUT2D eigenvalue weighted by Crippen LogP contribution is -2.30. The van der Waals surface area contributed by atoms with E-state index < -0.39 is 11.8 Å². The van der Waals surface area contributed by atoms with E-state index in [0.717, 1.165) is 23.1 Å². The molecule has 1 aromatic heterocycles. The van der Waals surface area contributed by atoms with Gasteiger partial charge in [-0.15, -0.1) is 0 Å². The molecule has 2 amide bonds. The van der Waals surface area contributed by atoms with E-state index in [4.69, 9.17) is 10.3 Å². The summed E-state index contributed by atoms with van der Waals surface area (Å²) in [4.78, 5) is 25.2. The highest BCUT2D eigenvalue weighted by molar-refractivity contribution is 6.06. The van der Waals surface area contributed by atoms with Crippen molar-refractivity contribution in [2.45, 2.75) is 32.1 Å². The zero-order valence-electron chi connectivity index (χ0n) is 17.2. The lowest BCUT2D eigenvalue weighted by molar-refractivity contribution is -0.121. The van der Waals surface area contributed by atoms with Crippen molar-refractivity contribution in [3.63, 3.8) is 0 Å². The summed E-state index contributed by atoms with van der Waals surface area (Å²) in [5.74, 6) is 4.94. The first-order chi connectivity index (χ1) is 15.1. The van der Waals surface area contributed by atoms with Crippen molar-refractivity contribution in [3.05, 3.63) is 94.4 Å². The summed E-state index contributed by atoms with van der Waals surface area (Å²) in [7, 11) is 0. The van der Waals surface area contributed by atoms with Gasteiger partial charge in [0, 0.05) is 17.5 Å². The van der Waals surface area contributed by atoms with Crippen LogP contribution in [0.15, 0.2) is 70.2 Å². The number of carbonyl (C=O) groups excluding carboxylic acids is 2. The molecule has 31 heavy (non-hydrogen) atoms. The number of hydrazine groups is 1. The van der Waals surface area contributed by atoms with Crippen LogP contribution in [-0.4, -0.2) is 17.5 Å². The predicted molar refractivity (Wildman–Crippen MR) is 117 cm³/mol. The molecule has 7 heteroatoms. The lowest BCUT2D eigenvalue weighted by Gasteiger charge is -2.18. The maximum absolute atomic E-state index is 13.2. The minimum atomic E-state index is -0.487. The van der Waals surface area contributed by atoms with Crippen molar-refractivity contribution in [2.75, 3.05) is 0 Å². The zero-order valence-corrected chi connectivity index (χ0v) is 17.2. The number of furan rings is 1. The van der Waals surface area contributed by atoms with Gasteiger partial charge in [0.05, 0.1) is 11.6 Å². The summed E-state index contributed by atoms with van der Waals surface area (Å²) in [6, 6.07) is 19.2. The molecule has 158 valence electrons. The summed E-state index contributed by atoms with van der Waals surface area (Å²) in [6.07, 6.45) is 2.20. The number of hydrogen-bond donors (Lipinski definition) is 3. The Morgan fingerprint density at radius 1 is 1.00 bits per heavy atom. The number of nitrogens with zero attached hydrogens (tertiary/aromatic N) is 1. The number of amides is 2. The van der Waals surface area contributed by atoms with Crippen molar-refractivity contribution in [2.24, 2.45) is 10.9 Å². The maximum Gasteiger partial charge on any atom is 0.301 e. The van der Waals surface area contributed by atoms with Crippen LogP contribution in [-0.2, 0) is 11.2 Å². The molecule has 0 unspecified atom stereocenters. The number of hydrogen-bond acceptors (Lipinski definition) is 5. The van der Waals surface area contributed by atoms with Crippen LogP contribution in [0.25, 0.3) is 0 Å². The summed E-state index contributed by atoms with van der Waals surface area (Å²) < 4.78 is 5.73. The molecular formula is C24H24N4O3. The molecule has 0 radical (unpaired) electrons. The van der Waals surface area contributed by atoms with E-state index in [2.05, 4.69) is 16.0 Å². The van der Waals surface area contributed by atoms with Crippen LogP contribution in [0.5, 0.6) is 0 Å². The van der Waals surface area contributed by atoms with E-state index >= 15 is 0 Å². The molecule has 1 aliphatic rings. The van der Waals surface area contributed by atoms with Gasteiger partial charge in [0.15, 0.2) is 5.76 Å². The number of rotatable bonds is 5. The summed E-state index contributed by atoms with van der Waals surface area (Å²) >= 11 is 0. The molecule has 0 saturated heterocycles. The average Bonchev–Trinajstić information content (AvgIpc) is 3.16. The van der Waals surface area contributed by atoms with E-state index in [1.54, 1.807) is 6.92 Å². The molecule has 1 aliphatic carbocycles. The highest BCUT2D eigenvalue weighted by Crippen LogP contribution is 2.30. The number of nitrogens with one attached hydrogen (secondary N) is 2. The number of nitrogens with two attached hydrogens (primary N) is 1. The van der Waals surface area contributed by atoms with E-state index in [1.165, 1.54) is 0 Å². The summed E-state index contributed by atoms with van der Waals surface area (Å²) in [5.41, 5.74) is 8.78. The molecule has 0 spiro atoms. The Hall–Kier alpha value is -3.71. The minimum Gasteiger partial charge on any atom is -0.455 e. The molecular weight excluding hydrogens is 392 g/mol. The van der Waals surface area contributed by atoms with Crippen LogP contribution in [0.1, 0.15) is 57.3 Å². The van der Waals surface area contributed by atoms with Crippen LogP contribution in [0, 0.1) is 6.92 Å². The fourth-order valence-electron chi connectivity index (χ4n) is 4.04. The Morgan fingerprint density at radius 2 is 1.61 bits per heavy atom. The van der Waals surface area contributed by atoms with Crippen molar-refractivity contribution < 1.29 is 14.0 Å². The molecule has 0 atom stereocenters. The Labute approximate surface area is 180 Å². The fraction of sp³-hybridized carbons (Fsp3) is 0.208. The molecule has 0 fully saturated rings. The van der Waals surface area contributed by atoms with E-state index in [9.17, 15) is 9.59 Å². The Morgan fingerprint density at radius 3 is 2.19 bits per heavy atom. The van der Waals surface area contributed by atoms with Gasteiger partial charge in [0.1, 0.15) is 5.76 Å². The van der Waals surface area contributed by atoms with Gasteiger partial charge >= 0.3 is 5.91 Å². The standard InChI is InChI=1S/C24H24N4O3/c1-15-20-18(13-8-14-19(20)31-22(15)24(30)26-25)27-28-23(29)21(16-9-4-2-5-10-16)17-11-6-3-7-12-17/h2-7,9-12,21H,8,13-14,25H2,1H3,(H,26,30)(H,28,29)/b27-18+. The molecule has 4 N–H and O–H groups in total. The van der Waals surface area contributed by atoms with Crippen LogP contribution in [0.3, 0.4) is 0 Å². The van der Waals surface area contributed by atoms with Gasteiger partial charge in [-0.05, 0) is 30.9 Å². The third-order valence-corrected chi connectivity index (χ3v) is 5.49. The minimum absolute atomic E-state index is 0.180. The maximum atomic E-state index is 13.2. The monoisotopic (exact) mass is 416 g/mol. The van der Waals surface area contributed by atoms with E-state index in [0.29, 0.717) is 29.9 Å². The van der Waals surface area contributed by atoms with Gasteiger partial charge in [0.25, 0.3) is 5.91 Å². The third-order valence-electron chi connectivity index (χ3n) is 5.49. The average molecular weight is 416 g/mol. The second kappa shape index (κ2) is 8.97. The highest BCUT2D eigenvalue weighted by atomic mass is 16.4. The first-order valence-electron chi connectivity index (χ1n) is 10.2. The number of nitrogen functional groups attached to an aromatic ring is 1. The first kappa shape index (κ1) is 20.6. The first-order valence-corrected chi connectivity index (χ1v) is 10.2.